The molecule has 3 aliphatic rings. The zero-order valence-corrected chi connectivity index (χ0v) is 14.8. The van der Waals surface area contributed by atoms with Crippen molar-refractivity contribution in [2.24, 2.45) is 0 Å². The lowest BCUT2D eigenvalue weighted by Crippen LogP contribution is -2.48. The lowest BCUT2D eigenvalue weighted by molar-refractivity contribution is -0.123. The van der Waals surface area contributed by atoms with Crippen LogP contribution in [0.2, 0.25) is 0 Å². The van der Waals surface area contributed by atoms with E-state index >= 15 is 0 Å². The predicted molar refractivity (Wildman–Crippen MR) is 95.6 cm³/mol. The second kappa shape index (κ2) is 7.42. The van der Waals surface area contributed by atoms with E-state index < -0.39 is 0 Å². The van der Waals surface area contributed by atoms with E-state index in [0.717, 1.165) is 56.9 Å². The van der Waals surface area contributed by atoms with Crippen LogP contribution in [0.3, 0.4) is 0 Å². The Kier molecular flexibility index (Phi) is 5.04. The summed E-state index contributed by atoms with van der Waals surface area (Å²) in [5, 5.41) is 3.24. The van der Waals surface area contributed by atoms with Gasteiger partial charge in [-0.25, -0.2) is 4.39 Å². The van der Waals surface area contributed by atoms with Gasteiger partial charge in [0.25, 0.3) is 0 Å². The second-order valence-electron chi connectivity index (χ2n) is 7.87. The molecule has 2 aliphatic carbocycles. The number of piperidine rings is 1. The number of nitrogens with zero attached hydrogens (tertiary/aromatic N) is 2. The van der Waals surface area contributed by atoms with E-state index in [2.05, 4.69) is 15.1 Å². The van der Waals surface area contributed by atoms with Gasteiger partial charge in [-0.1, -0.05) is 12.1 Å². The summed E-state index contributed by atoms with van der Waals surface area (Å²) in [6.45, 7) is 3.42. The summed E-state index contributed by atoms with van der Waals surface area (Å²) in [7, 11) is 0. The minimum absolute atomic E-state index is 0.138. The van der Waals surface area contributed by atoms with Crippen LogP contribution in [0, 0.1) is 5.82 Å². The van der Waals surface area contributed by atoms with E-state index in [1.807, 2.05) is 12.1 Å². The number of amides is 1. The highest BCUT2D eigenvalue weighted by Crippen LogP contribution is 2.30. The summed E-state index contributed by atoms with van der Waals surface area (Å²) >= 11 is 0. The Balaban J connectivity index is 1.25. The number of hydrogen-bond donors (Lipinski definition) is 1. The molecule has 0 spiro atoms. The molecule has 2 saturated carbocycles. The van der Waals surface area contributed by atoms with Crippen LogP contribution in [0.25, 0.3) is 0 Å². The topological polar surface area (TPSA) is 35.6 Å². The van der Waals surface area contributed by atoms with Crippen molar-refractivity contribution in [3.8, 4) is 0 Å². The Labute approximate surface area is 149 Å². The van der Waals surface area contributed by atoms with Crippen molar-refractivity contribution in [3.05, 3.63) is 35.6 Å². The van der Waals surface area contributed by atoms with Gasteiger partial charge in [0.2, 0.25) is 5.91 Å². The Morgan fingerprint density at radius 1 is 1.08 bits per heavy atom. The maximum Gasteiger partial charge on any atom is 0.234 e. The third kappa shape index (κ3) is 4.79. The Morgan fingerprint density at radius 2 is 1.76 bits per heavy atom. The van der Waals surface area contributed by atoms with Crippen LogP contribution in [0.1, 0.15) is 44.1 Å². The quantitative estimate of drug-likeness (QED) is 0.825. The van der Waals surface area contributed by atoms with Crippen LogP contribution in [-0.4, -0.2) is 53.5 Å². The highest BCUT2D eigenvalue weighted by Gasteiger charge is 2.33. The molecular weight excluding hydrogens is 317 g/mol. The molecule has 0 atom stereocenters. The van der Waals surface area contributed by atoms with Gasteiger partial charge in [0.15, 0.2) is 0 Å². The summed E-state index contributed by atoms with van der Waals surface area (Å²) in [6.07, 6.45) is 7.18. The molecule has 1 aromatic carbocycles. The largest absolute Gasteiger partial charge is 0.352 e. The molecule has 0 aromatic heterocycles. The Morgan fingerprint density at radius 3 is 2.36 bits per heavy atom. The van der Waals surface area contributed by atoms with Crippen molar-refractivity contribution >= 4 is 5.91 Å². The molecule has 3 fully saturated rings. The summed E-state index contributed by atoms with van der Waals surface area (Å²) in [5.41, 5.74) is 1.07. The number of halogens is 1. The van der Waals surface area contributed by atoms with E-state index in [-0.39, 0.29) is 11.7 Å². The van der Waals surface area contributed by atoms with Crippen molar-refractivity contribution in [2.45, 2.75) is 63.2 Å². The molecule has 0 unspecified atom stereocenters. The standard InChI is InChI=1S/C20H28FN3O/c21-16-3-1-15(2-4-16)13-24(19-7-8-19)14-20(25)22-17-9-11-23(12-10-17)18-5-6-18/h1-4,17-19H,5-14H2,(H,22,25). The number of nitrogens with one attached hydrogen (secondary N) is 1. The maximum atomic E-state index is 13.1. The molecule has 5 heteroatoms. The average molecular weight is 345 g/mol. The molecular formula is C20H28FN3O. The highest BCUT2D eigenvalue weighted by atomic mass is 19.1. The van der Waals surface area contributed by atoms with Crippen LogP contribution in [0.5, 0.6) is 0 Å². The predicted octanol–water partition coefficient (Wildman–Crippen LogP) is 2.53. The third-order valence-corrected chi connectivity index (χ3v) is 5.67. The van der Waals surface area contributed by atoms with Crippen molar-refractivity contribution in [2.75, 3.05) is 19.6 Å². The fourth-order valence-corrected chi connectivity index (χ4v) is 3.88. The van der Waals surface area contributed by atoms with Gasteiger partial charge >= 0.3 is 0 Å². The van der Waals surface area contributed by atoms with Crippen LogP contribution in [0.15, 0.2) is 24.3 Å². The molecule has 0 bridgehead atoms. The number of carbonyl (C=O) groups is 1. The van der Waals surface area contributed by atoms with Gasteiger partial charge in [0.1, 0.15) is 5.82 Å². The Bertz CT molecular complexity index is 589. The number of likely N-dealkylation sites (tertiary alicyclic amines) is 1. The van der Waals surface area contributed by atoms with Crippen molar-refractivity contribution in [1.29, 1.82) is 0 Å². The molecule has 1 amide bonds. The van der Waals surface area contributed by atoms with E-state index in [1.165, 1.54) is 25.0 Å². The van der Waals surface area contributed by atoms with Crippen LogP contribution in [0.4, 0.5) is 4.39 Å². The maximum absolute atomic E-state index is 13.1. The van der Waals surface area contributed by atoms with E-state index in [1.54, 1.807) is 0 Å². The average Bonchev–Trinajstić information content (AvgIpc) is 3.49. The molecule has 4 nitrogen and oxygen atoms in total. The Hall–Kier alpha value is -1.46. The fraction of sp³-hybridized carbons (Fsp3) is 0.650. The molecule has 1 heterocycles. The first-order valence-electron chi connectivity index (χ1n) is 9.69. The molecule has 25 heavy (non-hydrogen) atoms. The van der Waals surface area contributed by atoms with Gasteiger partial charge in [-0.15, -0.1) is 0 Å². The molecule has 1 N–H and O–H groups in total. The van der Waals surface area contributed by atoms with Gasteiger partial charge in [-0.3, -0.25) is 9.69 Å². The monoisotopic (exact) mass is 345 g/mol. The zero-order chi connectivity index (χ0) is 17.2. The smallest absolute Gasteiger partial charge is 0.234 e. The van der Waals surface area contributed by atoms with Gasteiger partial charge in [0, 0.05) is 37.8 Å². The van der Waals surface area contributed by atoms with E-state index in [9.17, 15) is 9.18 Å². The van der Waals surface area contributed by atoms with Crippen molar-refractivity contribution in [1.82, 2.24) is 15.1 Å². The van der Waals surface area contributed by atoms with Crippen LogP contribution < -0.4 is 5.32 Å². The molecule has 136 valence electrons. The minimum atomic E-state index is -0.211. The number of rotatable bonds is 7. The van der Waals surface area contributed by atoms with Gasteiger partial charge < -0.3 is 10.2 Å². The lowest BCUT2D eigenvalue weighted by Gasteiger charge is -2.33. The number of hydrogen-bond acceptors (Lipinski definition) is 3. The lowest BCUT2D eigenvalue weighted by atomic mass is 10.0. The second-order valence-corrected chi connectivity index (χ2v) is 7.87. The first-order valence-corrected chi connectivity index (χ1v) is 9.69. The van der Waals surface area contributed by atoms with E-state index in [4.69, 9.17) is 0 Å². The summed E-state index contributed by atoms with van der Waals surface area (Å²) in [6, 6.07) is 8.29. The SMILES string of the molecule is O=C(CN(Cc1ccc(F)cc1)C1CC1)NC1CCN(C2CC2)CC1. The molecule has 0 radical (unpaired) electrons. The van der Waals surface area contributed by atoms with Crippen molar-refractivity contribution < 1.29 is 9.18 Å². The van der Waals surface area contributed by atoms with Crippen molar-refractivity contribution in [3.63, 3.8) is 0 Å². The molecule has 1 aromatic rings. The normalized spacial score (nSPS) is 22.3. The first kappa shape index (κ1) is 17.0. The van der Waals surface area contributed by atoms with Gasteiger partial charge in [-0.2, -0.15) is 0 Å². The first-order chi connectivity index (χ1) is 12.2. The zero-order valence-electron chi connectivity index (χ0n) is 14.8. The fourth-order valence-electron chi connectivity index (χ4n) is 3.88. The summed E-state index contributed by atoms with van der Waals surface area (Å²) in [5.74, 6) is -0.0733. The highest BCUT2D eigenvalue weighted by molar-refractivity contribution is 5.78. The minimum Gasteiger partial charge on any atom is -0.352 e. The molecule has 4 rings (SSSR count). The third-order valence-electron chi connectivity index (χ3n) is 5.67. The molecule has 1 aliphatic heterocycles. The summed E-state index contributed by atoms with van der Waals surface area (Å²) in [4.78, 5) is 17.3. The number of carbonyl (C=O) groups excluding carboxylic acids is 1. The van der Waals surface area contributed by atoms with Crippen LogP contribution in [-0.2, 0) is 11.3 Å². The van der Waals surface area contributed by atoms with Gasteiger partial charge in [0.05, 0.1) is 6.54 Å². The number of benzene rings is 1. The molecule has 1 saturated heterocycles. The van der Waals surface area contributed by atoms with Crippen LogP contribution >= 0.6 is 0 Å². The van der Waals surface area contributed by atoms with Gasteiger partial charge in [-0.05, 0) is 56.2 Å². The van der Waals surface area contributed by atoms with E-state index in [0.29, 0.717) is 18.6 Å². The summed E-state index contributed by atoms with van der Waals surface area (Å²) < 4.78 is 13.1.